The molecule has 0 spiro atoms. The van der Waals surface area contributed by atoms with Crippen LogP contribution in [0.2, 0.25) is 0 Å². The molecule has 0 fully saturated rings. The van der Waals surface area contributed by atoms with Gasteiger partial charge < -0.3 is 5.32 Å². The van der Waals surface area contributed by atoms with Gasteiger partial charge in [-0.1, -0.05) is 12.1 Å². The summed E-state index contributed by atoms with van der Waals surface area (Å²) < 4.78 is 16.0. The van der Waals surface area contributed by atoms with E-state index in [1.54, 1.807) is 16.7 Å². The number of benzene rings is 1. The predicted molar refractivity (Wildman–Crippen MR) is 73.7 cm³/mol. The zero-order chi connectivity index (χ0) is 13.4. The van der Waals surface area contributed by atoms with Crippen LogP contribution in [0.5, 0.6) is 0 Å². The van der Waals surface area contributed by atoms with E-state index in [0.29, 0.717) is 4.60 Å². The van der Waals surface area contributed by atoms with Crippen LogP contribution in [0.1, 0.15) is 21.6 Å². The summed E-state index contributed by atoms with van der Waals surface area (Å²) in [5.41, 5.74) is 2.14. The van der Waals surface area contributed by atoms with Crippen molar-refractivity contribution in [3.8, 4) is 0 Å². The first-order valence-corrected chi connectivity index (χ1v) is 6.86. The molecule has 1 aromatic carbocycles. The van der Waals surface area contributed by atoms with Crippen LogP contribution in [0.25, 0.3) is 0 Å². The molecule has 1 aliphatic heterocycles. The highest BCUT2D eigenvalue weighted by atomic mass is 79.9. The maximum absolute atomic E-state index is 13.7. The smallest absolute Gasteiger partial charge is 0.265 e. The summed E-state index contributed by atoms with van der Waals surface area (Å²) in [6, 6.07) is 7.98. The van der Waals surface area contributed by atoms with Gasteiger partial charge in [0.25, 0.3) is 5.91 Å². The Kier molecular flexibility index (Phi) is 3.24. The normalized spacial score (nSPS) is 14.2. The van der Waals surface area contributed by atoms with Gasteiger partial charge >= 0.3 is 0 Å². The summed E-state index contributed by atoms with van der Waals surface area (Å²) in [7, 11) is 0. The molecule has 1 aliphatic rings. The average Bonchev–Trinajstić information content (AvgIpc) is 2.74. The zero-order valence-corrected chi connectivity index (χ0v) is 11.7. The van der Waals surface area contributed by atoms with E-state index in [1.807, 2.05) is 6.07 Å². The van der Waals surface area contributed by atoms with Crippen molar-refractivity contribution in [3.05, 3.63) is 57.6 Å². The van der Waals surface area contributed by atoms with E-state index >= 15 is 0 Å². The molecule has 98 valence electrons. The molecule has 3 rings (SSSR count). The van der Waals surface area contributed by atoms with Crippen LogP contribution in [-0.2, 0) is 13.0 Å². The third-order valence-corrected chi connectivity index (χ3v) is 3.89. The molecule has 0 saturated heterocycles. The molecule has 19 heavy (non-hydrogen) atoms. The Balaban J connectivity index is 2.10. The Bertz CT molecular complexity index is 651. The number of rotatable bonds is 1. The van der Waals surface area contributed by atoms with Crippen molar-refractivity contribution in [2.45, 2.75) is 13.0 Å². The Labute approximate surface area is 118 Å². The van der Waals surface area contributed by atoms with Crippen molar-refractivity contribution in [2.24, 2.45) is 0 Å². The number of fused-ring (bicyclic) bond motifs is 1. The number of carbonyl (C=O) groups excluding carboxylic acids is 1. The average molecular weight is 323 g/mol. The second kappa shape index (κ2) is 4.90. The van der Waals surface area contributed by atoms with Gasteiger partial charge in [-0.2, -0.15) is 0 Å². The van der Waals surface area contributed by atoms with E-state index in [1.165, 1.54) is 12.1 Å². The largest absolute Gasteiger partial charge is 0.312 e. The van der Waals surface area contributed by atoms with Gasteiger partial charge in [-0.05, 0) is 39.7 Å². The van der Waals surface area contributed by atoms with Gasteiger partial charge in [-0.3, -0.25) is 9.36 Å². The van der Waals surface area contributed by atoms with Crippen LogP contribution in [0.15, 0.2) is 34.9 Å². The molecule has 0 aliphatic carbocycles. The lowest BCUT2D eigenvalue weighted by atomic mass is 10.1. The standard InChI is InChI=1S/C14H12BrFN2O/c15-13-7-9-8-17-6-5-12(9)18(13)14(19)10-3-1-2-4-11(10)16/h1-4,7,17H,5-6,8H2. The first kappa shape index (κ1) is 12.6. The molecule has 0 atom stereocenters. The summed E-state index contributed by atoms with van der Waals surface area (Å²) in [5.74, 6) is -0.816. The monoisotopic (exact) mass is 322 g/mol. The number of carbonyl (C=O) groups is 1. The van der Waals surface area contributed by atoms with Gasteiger partial charge in [0.1, 0.15) is 5.82 Å². The quantitative estimate of drug-likeness (QED) is 0.876. The number of nitrogens with zero attached hydrogens (tertiary/aromatic N) is 1. The van der Waals surface area contributed by atoms with Crippen molar-refractivity contribution < 1.29 is 9.18 Å². The summed E-state index contributed by atoms with van der Waals surface area (Å²) in [6.07, 6.45) is 0.765. The molecule has 2 aromatic rings. The van der Waals surface area contributed by atoms with Crippen molar-refractivity contribution in [3.63, 3.8) is 0 Å². The number of nitrogens with one attached hydrogen (secondary N) is 1. The van der Waals surface area contributed by atoms with E-state index in [4.69, 9.17) is 0 Å². The molecule has 0 amide bonds. The number of aromatic nitrogens is 1. The first-order valence-electron chi connectivity index (χ1n) is 6.07. The Morgan fingerprint density at radius 3 is 2.95 bits per heavy atom. The third kappa shape index (κ3) is 2.13. The lowest BCUT2D eigenvalue weighted by molar-refractivity contribution is 0.0950. The molecular formula is C14H12BrFN2O. The van der Waals surface area contributed by atoms with Crippen molar-refractivity contribution in [1.29, 1.82) is 0 Å². The summed E-state index contributed by atoms with van der Waals surface area (Å²) >= 11 is 3.39. The second-order valence-corrected chi connectivity index (χ2v) is 5.30. The molecule has 0 radical (unpaired) electrons. The van der Waals surface area contributed by atoms with E-state index in [-0.39, 0.29) is 11.5 Å². The molecule has 5 heteroatoms. The van der Waals surface area contributed by atoms with E-state index in [9.17, 15) is 9.18 Å². The van der Waals surface area contributed by atoms with Crippen molar-refractivity contribution >= 4 is 21.8 Å². The van der Waals surface area contributed by atoms with E-state index < -0.39 is 5.82 Å². The van der Waals surface area contributed by atoms with Gasteiger partial charge in [-0.15, -0.1) is 0 Å². The number of halogens is 2. The second-order valence-electron chi connectivity index (χ2n) is 4.49. The predicted octanol–water partition coefficient (Wildman–Crippen LogP) is 2.72. The summed E-state index contributed by atoms with van der Waals surface area (Å²) in [4.78, 5) is 12.5. The zero-order valence-electron chi connectivity index (χ0n) is 10.1. The highest BCUT2D eigenvalue weighted by Crippen LogP contribution is 2.25. The maximum Gasteiger partial charge on any atom is 0.265 e. The topological polar surface area (TPSA) is 34.0 Å². The van der Waals surface area contributed by atoms with E-state index in [0.717, 1.165) is 30.8 Å². The lowest BCUT2D eigenvalue weighted by Crippen LogP contribution is -2.26. The molecule has 1 aromatic heterocycles. The van der Waals surface area contributed by atoms with Gasteiger partial charge in [0.2, 0.25) is 0 Å². The molecule has 0 bridgehead atoms. The molecule has 3 nitrogen and oxygen atoms in total. The fourth-order valence-electron chi connectivity index (χ4n) is 2.39. The minimum absolute atomic E-state index is 0.0973. The minimum Gasteiger partial charge on any atom is -0.312 e. The SMILES string of the molecule is O=C(c1ccccc1F)n1c(Br)cc2c1CCNC2. The number of hydrogen-bond donors (Lipinski definition) is 1. The van der Waals surface area contributed by atoms with Gasteiger partial charge in [0.15, 0.2) is 0 Å². The molecular weight excluding hydrogens is 311 g/mol. The minimum atomic E-state index is -0.490. The summed E-state index contributed by atoms with van der Waals surface area (Å²) in [6.45, 7) is 1.57. The maximum atomic E-state index is 13.7. The number of hydrogen-bond acceptors (Lipinski definition) is 2. The molecule has 0 saturated carbocycles. The van der Waals surface area contributed by atoms with E-state index in [2.05, 4.69) is 21.2 Å². The molecule has 1 N–H and O–H groups in total. The van der Waals surface area contributed by atoms with Crippen molar-refractivity contribution in [2.75, 3.05) is 6.54 Å². The highest BCUT2D eigenvalue weighted by Gasteiger charge is 2.23. The molecule has 0 unspecified atom stereocenters. The fraction of sp³-hybridized carbons (Fsp3) is 0.214. The Hall–Kier alpha value is -1.46. The van der Waals surface area contributed by atoms with Crippen LogP contribution < -0.4 is 5.32 Å². The Morgan fingerprint density at radius 2 is 2.16 bits per heavy atom. The third-order valence-electron chi connectivity index (χ3n) is 3.31. The Morgan fingerprint density at radius 1 is 1.37 bits per heavy atom. The van der Waals surface area contributed by atoms with Crippen molar-refractivity contribution in [1.82, 2.24) is 9.88 Å². The lowest BCUT2D eigenvalue weighted by Gasteiger charge is -2.16. The van der Waals surface area contributed by atoms with Crippen LogP contribution in [-0.4, -0.2) is 17.0 Å². The van der Waals surface area contributed by atoms with Gasteiger partial charge in [-0.25, -0.2) is 4.39 Å². The van der Waals surface area contributed by atoms with Crippen LogP contribution in [0, 0.1) is 5.82 Å². The van der Waals surface area contributed by atoms with Crippen LogP contribution in [0.4, 0.5) is 4.39 Å². The van der Waals surface area contributed by atoms with Gasteiger partial charge in [0.05, 0.1) is 10.2 Å². The van der Waals surface area contributed by atoms with Crippen LogP contribution in [0.3, 0.4) is 0 Å². The van der Waals surface area contributed by atoms with Crippen LogP contribution >= 0.6 is 15.9 Å². The first-order chi connectivity index (χ1) is 9.18. The highest BCUT2D eigenvalue weighted by molar-refractivity contribution is 9.10. The summed E-state index contributed by atoms with van der Waals surface area (Å²) in [5, 5.41) is 3.25. The fourth-order valence-corrected chi connectivity index (χ4v) is 3.05. The van der Waals surface area contributed by atoms with Gasteiger partial charge in [0, 0.05) is 25.2 Å². The molecule has 2 heterocycles.